The Hall–Kier alpha value is 0.609. The van der Waals surface area contributed by atoms with Gasteiger partial charge in [-0.15, -0.1) is 12.4 Å². The van der Waals surface area contributed by atoms with Gasteiger partial charge in [0.15, 0.2) is 0 Å². The van der Waals surface area contributed by atoms with Crippen molar-refractivity contribution >= 4 is 12.4 Å². The smallest absolute Gasteiger partial charge is 0.0402 e. The van der Waals surface area contributed by atoms with Crippen LogP contribution in [0.2, 0.25) is 0 Å². The monoisotopic (exact) mass is 209 g/mol. The van der Waals surface area contributed by atoms with E-state index in [2.05, 4.69) is 0 Å². The molecule has 0 aromatic heterocycles. The molecule has 0 aromatic carbocycles. The number of aliphatic hydroxyl groups is 1. The predicted molar refractivity (Wildman–Crippen MR) is 34.5 cm³/mol. The summed E-state index contributed by atoms with van der Waals surface area (Å²) in [6.45, 7) is 1.93. The second-order valence-corrected chi connectivity index (χ2v) is 0.316. The average Bonchev–Trinajstić information content (AvgIpc) is 0.918. The summed E-state index contributed by atoms with van der Waals surface area (Å²) in [7, 11) is 0. The van der Waals surface area contributed by atoms with E-state index in [1.54, 1.807) is 6.92 Å². The topological polar surface area (TPSA) is 146 Å². The van der Waals surface area contributed by atoms with Crippen molar-refractivity contribution in [1.29, 1.82) is 0 Å². The van der Waals surface area contributed by atoms with Crippen LogP contribution in [-0.4, -0.2) is 33.6 Å². The maximum atomic E-state index is 7.57. The molecule has 0 saturated carbocycles. The Bertz CT molecular complexity index is 14.9. The summed E-state index contributed by atoms with van der Waals surface area (Å²) in [4.78, 5) is 0. The number of halogens is 1. The molecular weight excluding hydrogens is 194 g/mol. The van der Waals surface area contributed by atoms with Crippen LogP contribution in [0, 0.1) is 0 Å². The molecule has 0 aliphatic heterocycles. The van der Waals surface area contributed by atoms with Gasteiger partial charge in [0.25, 0.3) is 0 Å². The Balaban J connectivity index is -0.00000000133. The van der Waals surface area contributed by atoms with Gasteiger partial charge in [-0.25, -0.2) is 0 Å². The summed E-state index contributed by atoms with van der Waals surface area (Å²) < 4.78 is 0. The SMILES string of the molecule is CCO.Cl.O.O.O.O.[Mn]. The first kappa shape index (κ1) is 105. The molecule has 0 atom stereocenters. The summed E-state index contributed by atoms with van der Waals surface area (Å²) in [5.41, 5.74) is 0. The minimum Gasteiger partial charge on any atom is -0.412 e. The van der Waals surface area contributed by atoms with Crippen LogP contribution in [0.3, 0.4) is 0 Å². The molecule has 0 aliphatic carbocycles. The van der Waals surface area contributed by atoms with Crippen LogP contribution in [0.25, 0.3) is 0 Å². The third-order valence-electron chi connectivity index (χ3n) is 0. The summed E-state index contributed by atoms with van der Waals surface area (Å²) in [5, 5.41) is 7.57. The molecule has 0 amide bonds. The largest absolute Gasteiger partial charge is 0.412 e. The number of hydrogen-bond donors (Lipinski definition) is 1. The normalized spacial score (nSPS) is 2.00. The third-order valence-corrected chi connectivity index (χ3v) is 0. The maximum Gasteiger partial charge on any atom is 0.0402 e. The third kappa shape index (κ3) is 1010. The van der Waals surface area contributed by atoms with Crippen molar-refractivity contribution in [3.63, 3.8) is 0 Å². The van der Waals surface area contributed by atoms with Gasteiger partial charge >= 0.3 is 0 Å². The Morgan fingerprint density at radius 2 is 1.00 bits per heavy atom. The second-order valence-electron chi connectivity index (χ2n) is 0.316. The van der Waals surface area contributed by atoms with Crippen LogP contribution in [0.4, 0.5) is 0 Å². The fourth-order valence-electron chi connectivity index (χ4n) is 0. The molecule has 0 aliphatic rings. The first-order valence-electron chi connectivity index (χ1n) is 1.02. The zero-order valence-corrected chi connectivity index (χ0v) is 6.94. The Morgan fingerprint density at radius 3 is 1.00 bits per heavy atom. The van der Waals surface area contributed by atoms with Gasteiger partial charge < -0.3 is 27.0 Å². The minimum absolute atomic E-state index is 0. The van der Waals surface area contributed by atoms with Gasteiger partial charge in [-0.3, -0.25) is 0 Å². The fourth-order valence-corrected chi connectivity index (χ4v) is 0. The van der Waals surface area contributed by atoms with E-state index in [1.165, 1.54) is 0 Å². The molecule has 0 aromatic rings. The van der Waals surface area contributed by atoms with E-state index in [1.807, 2.05) is 0 Å². The fraction of sp³-hybridized carbons (Fsp3) is 1.00. The van der Waals surface area contributed by atoms with Crippen molar-refractivity contribution in [3.05, 3.63) is 0 Å². The summed E-state index contributed by atoms with van der Waals surface area (Å²) >= 11 is 0. The van der Waals surface area contributed by atoms with Crippen LogP contribution in [0.5, 0.6) is 0 Å². The van der Waals surface area contributed by atoms with Gasteiger partial charge in [0.05, 0.1) is 0 Å². The summed E-state index contributed by atoms with van der Waals surface area (Å²) in [5.74, 6) is 0. The molecular formula is C2H15ClMnO5. The summed E-state index contributed by atoms with van der Waals surface area (Å²) in [6, 6.07) is 0. The second kappa shape index (κ2) is 192. The molecule has 67 valence electrons. The van der Waals surface area contributed by atoms with Crippen molar-refractivity contribution in [2.24, 2.45) is 0 Å². The summed E-state index contributed by atoms with van der Waals surface area (Å²) in [6.07, 6.45) is 0. The molecule has 5 nitrogen and oxygen atoms in total. The zero-order valence-electron chi connectivity index (χ0n) is 4.94. The molecule has 0 fully saturated rings. The van der Waals surface area contributed by atoms with Gasteiger partial charge in [-0.2, -0.15) is 0 Å². The van der Waals surface area contributed by atoms with Gasteiger partial charge in [-0.05, 0) is 6.92 Å². The van der Waals surface area contributed by atoms with Crippen LogP contribution < -0.4 is 0 Å². The van der Waals surface area contributed by atoms with Crippen molar-refractivity contribution in [2.75, 3.05) is 6.61 Å². The van der Waals surface area contributed by atoms with Crippen LogP contribution in [-0.2, 0) is 17.1 Å². The molecule has 9 heavy (non-hydrogen) atoms. The Morgan fingerprint density at radius 1 is 1.00 bits per heavy atom. The van der Waals surface area contributed by atoms with Crippen LogP contribution >= 0.6 is 12.4 Å². The molecule has 0 unspecified atom stereocenters. The van der Waals surface area contributed by atoms with Gasteiger partial charge in [0.1, 0.15) is 0 Å². The van der Waals surface area contributed by atoms with Crippen molar-refractivity contribution in [3.8, 4) is 0 Å². The van der Waals surface area contributed by atoms with E-state index < -0.39 is 0 Å². The van der Waals surface area contributed by atoms with E-state index in [9.17, 15) is 0 Å². The van der Waals surface area contributed by atoms with Crippen molar-refractivity contribution < 1.29 is 44.1 Å². The van der Waals surface area contributed by atoms with E-state index in [0.29, 0.717) is 0 Å². The quantitative estimate of drug-likeness (QED) is 0.420. The molecule has 0 rings (SSSR count). The average molecular weight is 210 g/mol. The van der Waals surface area contributed by atoms with E-state index in [4.69, 9.17) is 5.11 Å². The minimum atomic E-state index is 0. The predicted octanol–water partition coefficient (Wildman–Crippen LogP) is -2.88. The Kier molecular flexibility index (Phi) is 2240. The van der Waals surface area contributed by atoms with Gasteiger partial charge in [0, 0.05) is 23.7 Å². The number of rotatable bonds is 0. The van der Waals surface area contributed by atoms with Crippen LogP contribution in [0.1, 0.15) is 6.92 Å². The van der Waals surface area contributed by atoms with Crippen molar-refractivity contribution in [2.45, 2.75) is 6.92 Å². The zero-order chi connectivity index (χ0) is 2.71. The molecule has 0 bridgehead atoms. The molecule has 1 radical (unpaired) electrons. The molecule has 0 spiro atoms. The van der Waals surface area contributed by atoms with Crippen LogP contribution in [0.15, 0.2) is 0 Å². The molecule has 7 heteroatoms. The first-order chi connectivity index (χ1) is 1.41. The van der Waals surface area contributed by atoms with E-state index >= 15 is 0 Å². The first-order valence-corrected chi connectivity index (χ1v) is 1.02. The molecule has 9 N–H and O–H groups in total. The van der Waals surface area contributed by atoms with E-state index in [0.717, 1.165) is 0 Å². The maximum absolute atomic E-state index is 7.57. The number of hydrogen-bond acceptors (Lipinski definition) is 1. The Labute approximate surface area is 70.6 Å². The number of aliphatic hydroxyl groups excluding tert-OH is 1. The van der Waals surface area contributed by atoms with Gasteiger partial charge in [-0.1, -0.05) is 0 Å². The van der Waals surface area contributed by atoms with E-state index in [-0.39, 0.29) is 58.0 Å². The molecule has 0 heterocycles. The molecule has 0 saturated heterocycles. The van der Waals surface area contributed by atoms with Crippen molar-refractivity contribution in [1.82, 2.24) is 0 Å². The standard InChI is InChI=1S/C2H6O.ClH.Mn.4H2O/c1-2-3;;;;;;/h3H,2H2,1H3;1H;;4*1H2. The van der Waals surface area contributed by atoms with Gasteiger partial charge in [0.2, 0.25) is 0 Å².